The van der Waals surface area contributed by atoms with Crippen molar-refractivity contribution in [1.82, 2.24) is 0 Å². The van der Waals surface area contributed by atoms with Gasteiger partial charge in [-0.15, -0.1) is 0 Å². The number of likely N-dealkylation sites (N-methyl/N-ethyl adjacent to an activating group) is 1. The number of phosphoric ester groups is 1. The molecule has 0 saturated carbocycles. The maximum Gasteiger partial charge on any atom is 0.310 e. The molecule has 334 valence electrons. The molecule has 0 spiro atoms. The quantitative estimate of drug-likeness (QED) is 0.0200. The van der Waals surface area contributed by atoms with E-state index in [4.69, 9.17) is 18.5 Å². The molecule has 0 aliphatic rings. The van der Waals surface area contributed by atoms with Crippen molar-refractivity contribution in [2.24, 2.45) is 0 Å². The number of allylic oxidation sites excluding steroid dienone is 19. The van der Waals surface area contributed by atoms with E-state index in [0.717, 1.165) is 83.5 Å². The number of hydrogen-bond acceptors (Lipinski definition) is 7. The van der Waals surface area contributed by atoms with Crippen LogP contribution in [0, 0.1) is 0 Å². The van der Waals surface area contributed by atoms with Crippen LogP contribution in [0.5, 0.6) is 0 Å². The molecule has 0 aliphatic heterocycles. The number of esters is 1. The van der Waals surface area contributed by atoms with Crippen molar-refractivity contribution in [1.29, 1.82) is 0 Å². The number of quaternary nitrogens is 1. The molecule has 0 N–H and O–H groups in total. The molecule has 0 fully saturated rings. The molecular weight excluding hydrogens is 758 g/mol. The number of hydrogen-bond donors (Lipinski definition) is 0. The molecule has 0 bridgehead atoms. The van der Waals surface area contributed by atoms with Crippen LogP contribution in [0.2, 0.25) is 0 Å². The van der Waals surface area contributed by atoms with E-state index in [0.29, 0.717) is 24.1 Å². The summed E-state index contributed by atoms with van der Waals surface area (Å²) < 4.78 is 34.4. The first-order chi connectivity index (χ1) is 28.6. The summed E-state index contributed by atoms with van der Waals surface area (Å²) >= 11 is 0. The van der Waals surface area contributed by atoms with Crippen LogP contribution in [0.3, 0.4) is 0 Å². The van der Waals surface area contributed by atoms with Crippen molar-refractivity contribution in [3.63, 3.8) is 0 Å². The number of phosphoric acid groups is 1. The highest BCUT2D eigenvalue weighted by atomic mass is 31.2. The van der Waals surface area contributed by atoms with E-state index in [1.165, 1.54) is 19.3 Å². The average molecular weight is 840 g/mol. The third kappa shape index (κ3) is 45.8. The predicted molar refractivity (Wildman–Crippen MR) is 249 cm³/mol. The molecule has 0 aromatic heterocycles. The SMILES string of the molecule is CC/C=C\C/C=C\C/C=C\C/C=C\C/C=C\CCCCCCCCOCC(COP(=O)([O-])OCC[N+](C)(C)C)OC(=O)C/C=C\C/C=C\C/C=C\C/C=C\C/C=C\CC. The molecule has 0 saturated heterocycles. The van der Waals surface area contributed by atoms with Crippen LogP contribution >= 0.6 is 7.82 Å². The van der Waals surface area contributed by atoms with Gasteiger partial charge in [-0.2, -0.15) is 0 Å². The Hall–Kier alpha value is -3.10. The Balaban J connectivity index is 4.38. The third-order valence-electron chi connectivity index (χ3n) is 8.54. The van der Waals surface area contributed by atoms with E-state index in [2.05, 4.69) is 123 Å². The molecule has 0 heterocycles. The highest BCUT2D eigenvalue weighted by Crippen LogP contribution is 2.38. The lowest BCUT2D eigenvalue weighted by Crippen LogP contribution is -2.37. The van der Waals surface area contributed by atoms with Gasteiger partial charge in [-0.25, -0.2) is 0 Å². The van der Waals surface area contributed by atoms with Crippen molar-refractivity contribution in [3.05, 3.63) is 122 Å². The van der Waals surface area contributed by atoms with Gasteiger partial charge in [-0.3, -0.25) is 9.36 Å². The van der Waals surface area contributed by atoms with Gasteiger partial charge in [0.05, 0.1) is 40.8 Å². The molecule has 0 aliphatic carbocycles. The van der Waals surface area contributed by atoms with Gasteiger partial charge in [0.25, 0.3) is 7.82 Å². The molecule has 8 nitrogen and oxygen atoms in total. The van der Waals surface area contributed by atoms with E-state index < -0.39 is 19.9 Å². The lowest BCUT2D eigenvalue weighted by molar-refractivity contribution is -0.870. The highest BCUT2D eigenvalue weighted by Gasteiger charge is 2.20. The first-order valence-corrected chi connectivity index (χ1v) is 23.7. The molecule has 59 heavy (non-hydrogen) atoms. The number of carbonyl (C=O) groups excluding carboxylic acids is 1. The molecule has 0 amide bonds. The molecule has 9 heteroatoms. The highest BCUT2D eigenvalue weighted by molar-refractivity contribution is 7.45. The molecule has 2 unspecified atom stereocenters. The van der Waals surface area contributed by atoms with Gasteiger partial charge in [0.1, 0.15) is 19.3 Å². The van der Waals surface area contributed by atoms with Crippen molar-refractivity contribution < 1.29 is 37.3 Å². The molecular formula is C50H82NO7P. The maximum absolute atomic E-state index is 12.6. The topological polar surface area (TPSA) is 94.1 Å². The number of rotatable bonds is 39. The fraction of sp³-hybridized carbons (Fsp3) is 0.580. The zero-order valence-corrected chi connectivity index (χ0v) is 38.5. The fourth-order valence-corrected chi connectivity index (χ4v) is 5.90. The van der Waals surface area contributed by atoms with Crippen LogP contribution in [0.1, 0.15) is 129 Å². The van der Waals surface area contributed by atoms with E-state index in [1.54, 1.807) is 6.08 Å². The summed E-state index contributed by atoms with van der Waals surface area (Å²) in [4.78, 5) is 25.0. The van der Waals surface area contributed by atoms with Crippen LogP contribution in [0.4, 0.5) is 0 Å². The van der Waals surface area contributed by atoms with Crippen LogP contribution in [-0.4, -0.2) is 70.7 Å². The molecule has 2 atom stereocenters. The van der Waals surface area contributed by atoms with Gasteiger partial charge in [-0.05, 0) is 83.5 Å². The van der Waals surface area contributed by atoms with Crippen molar-refractivity contribution in [3.8, 4) is 0 Å². The number of carbonyl (C=O) groups is 1. The summed E-state index contributed by atoms with van der Waals surface area (Å²) in [5.74, 6) is -0.472. The maximum atomic E-state index is 12.6. The monoisotopic (exact) mass is 840 g/mol. The second kappa shape index (κ2) is 41.6. The summed E-state index contributed by atoms with van der Waals surface area (Å²) in [6, 6.07) is 0. The number of unbranched alkanes of at least 4 members (excludes halogenated alkanes) is 6. The Bertz CT molecular complexity index is 1350. The average Bonchev–Trinajstić information content (AvgIpc) is 3.19. The minimum Gasteiger partial charge on any atom is -0.756 e. The van der Waals surface area contributed by atoms with Crippen LogP contribution < -0.4 is 4.89 Å². The summed E-state index contributed by atoms with van der Waals surface area (Å²) in [6.07, 6.45) is 59.6. The van der Waals surface area contributed by atoms with Crippen LogP contribution in [-0.2, 0) is 27.9 Å². The van der Waals surface area contributed by atoms with E-state index in [9.17, 15) is 14.3 Å². The second-order valence-corrected chi connectivity index (χ2v) is 16.7. The largest absolute Gasteiger partial charge is 0.756 e. The third-order valence-corrected chi connectivity index (χ3v) is 9.51. The molecule has 0 aromatic carbocycles. The number of nitrogens with zero attached hydrogens (tertiary/aromatic N) is 1. The second-order valence-electron chi connectivity index (χ2n) is 15.3. The van der Waals surface area contributed by atoms with E-state index in [1.807, 2.05) is 27.2 Å². The Morgan fingerprint density at radius 3 is 1.39 bits per heavy atom. The van der Waals surface area contributed by atoms with Crippen molar-refractivity contribution in [2.75, 3.05) is 54.1 Å². The first kappa shape index (κ1) is 55.9. The zero-order chi connectivity index (χ0) is 43.4. The van der Waals surface area contributed by atoms with Crippen molar-refractivity contribution >= 4 is 13.8 Å². The van der Waals surface area contributed by atoms with Crippen molar-refractivity contribution in [2.45, 2.75) is 136 Å². The zero-order valence-electron chi connectivity index (χ0n) is 37.6. The summed E-state index contributed by atoms with van der Waals surface area (Å²) in [5, 5.41) is 0. The fourth-order valence-electron chi connectivity index (χ4n) is 5.18. The summed E-state index contributed by atoms with van der Waals surface area (Å²) in [6.45, 7) is 4.96. The van der Waals surface area contributed by atoms with Gasteiger partial charge < -0.3 is 27.9 Å². The van der Waals surface area contributed by atoms with Gasteiger partial charge >= 0.3 is 5.97 Å². The Morgan fingerprint density at radius 1 is 0.525 bits per heavy atom. The Morgan fingerprint density at radius 2 is 0.932 bits per heavy atom. The lowest BCUT2D eigenvalue weighted by Gasteiger charge is -2.28. The summed E-state index contributed by atoms with van der Waals surface area (Å²) in [5.41, 5.74) is 0. The van der Waals surface area contributed by atoms with Gasteiger partial charge in [0, 0.05) is 6.61 Å². The van der Waals surface area contributed by atoms with E-state index >= 15 is 0 Å². The smallest absolute Gasteiger partial charge is 0.310 e. The normalized spacial score (nSPS) is 14.9. The molecule has 0 rings (SSSR count). The first-order valence-electron chi connectivity index (χ1n) is 22.3. The minimum atomic E-state index is -4.56. The van der Waals surface area contributed by atoms with Gasteiger partial charge in [0.15, 0.2) is 0 Å². The van der Waals surface area contributed by atoms with Gasteiger partial charge in [0.2, 0.25) is 0 Å². The van der Waals surface area contributed by atoms with E-state index in [-0.39, 0.29) is 26.2 Å². The Kier molecular flexibility index (Phi) is 39.4. The summed E-state index contributed by atoms with van der Waals surface area (Å²) in [7, 11) is 1.27. The standard InChI is InChI=1S/C50H82NO7P/c1-6-8-10-12-14-16-18-20-22-23-24-25-26-27-28-30-32-34-36-38-40-42-45-55-47-49(48-57-59(53,54)56-46-44-51(3,4)5)58-50(52)43-41-39-37-35-33-31-29-21-19-17-15-13-11-9-7-2/h8-11,14-17,20-22,24-25,27-29,33,35,39,41,49H,6-7,12-13,18-19,23,26,30-32,34,36-38,40,42-48H2,1-5H3/b10-8-,11-9-,16-14-,17-15-,22-20-,25-24-,28-27-,29-21-,35-33-,41-39-. The van der Waals surface area contributed by atoms with Crippen LogP contribution in [0.25, 0.3) is 0 Å². The van der Waals surface area contributed by atoms with Gasteiger partial charge in [-0.1, -0.05) is 161 Å². The molecule has 0 aromatic rings. The molecule has 0 radical (unpaired) electrons. The predicted octanol–water partition coefficient (Wildman–Crippen LogP) is 12.7. The van der Waals surface area contributed by atoms with Crippen LogP contribution in [0.15, 0.2) is 122 Å². The minimum absolute atomic E-state index is 0.00130. The lowest BCUT2D eigenvalue weighted by atomic mass is 10.1. The number of ether oxygens (including phenoxy) is 2. The Labute approximate surface area is 361 Å².